The summed E-state index contributed by atoms with van der Waals surface area (Å²) in [6, 6.07) is 1.74. The van der Waals surface area contributed by atoms with E-state index < -0.39 is 5.97 Å². The molecule has 0 atom stereocenters. The maximum absolute atomic E-state index is 10.8. The van der Waals surface area contributed by atoms with Crippen LogP contribution in [0.4, 0.5) is 0 Å². The Labute approximate surface area is 88.3 Å². The molecule has 0 amide bonds. The van der Waals surface area contributed by atoms with Gasteiger partial charge in [0.25, 0.3) is 0 Å². The van der Waals surface area contributed by atoms with E-state index in [0.717, 1.165) is 10.3 Å². The number of carbonyl (C=O) groups is 1. The molecule has 5 heteroatoms. The molecule has 0 saturated heterocycles. The molecular weight excluding hydrogens is 248 g/mol. The molecule has 0 fully saturated rings. The SMILES string of the molecule is Cc1cc2ncc(Br)n2cc1C(=O)O. The molecule has 2 heterocycles. The zero-order valence-corrected chi connectivity index (χ0v) is 8.95. The lowest BCUT2D eigenvalue weighted by atomic mass is 10.1. The van der Waals surface area contributed by atoms with E-state index in [1.54, 1.807) is 29.8 Å². The second-order valence-electron chi connectivity index (χ2n) is 2.98. The van der Waals surface area contributed by atoms with E-state index in [2.05, 4.69) is 20.9 Å². The Morgan fingerprint density at radius 1 is 1.64 bits per heavy atom. The molecule has 0 bridgehead atoms. The maximum Gasteiger partial charge on any atom is 0.337 e. The predicted molar refractivity (Wildman–Crippen MR) is 54.6 cm³/mol. The van der Waals surface area contributed by atoms with Crippen LogP contribution >= 0.6 is 15.9 Å². The Bertz CT molecular complexity index is 519. The highest BCUT2D eigenvalue weighted by molar-refractivity contribution is 9.10. The van der Waals surface area contributed by atoms with Crippen molar-refractivity contribution in [1.82, 2.24) is 9.38 Å². The standard InChI is InChI=1S/C9H7BrN2O2/c1-5-2-8-11-3-7(10)12(8)4-6(5)9(13)14/h2-4H,1H3,(H,13,14). The van der Waals surface area contributed by atoms with Crippen molar-refractivity contribution >= 4 is 27.5 Å². The first-order chi connectivity index (χ1) is 6.59. The second-order valence-corrected chi connectivity index (χ2v) is 3.80. The van der Waals surface area contributed by atoms with Crippen molar-refractivity contribution in [2.75, 3.05) is 0 Å². The van der Waals surface area contributed by atoms with Crippen LogP contribution in [-0.4, -0.2) is 20.5 Å². The average Bonchev–Trinajstić information content (AvgIpc) is 2.46. The van der Waals surface area contributed by atoms with Crippen LogP contribution in [0.5, 0.6) is 0 Å². The normalized spacial score (nSPS) is 10.7. The first-order valence-corrected chi connectivity index (χ1v) is 4.75. The number of aromatic nitrogens is 2. The van der Waals surface area contributed by atoms with E-state index in [-0.39, 0.29) is 5.56 Å². The van der Waals surface area contributed by atoms with Gasteiger partial charge >= 0.3 is 5.97 Å². The number of hydrogen-bond donors (Lipinski definition) is 1. The number of hydrogen-bond acceptors (Lipinski definition) is 2. The Morgan fingerprint density at radius 3 is 3.00 bits per heavy atom. The number of halogens is 1. The van der Waals surface area contributed by atoms with Gasteiger partial charge in [-0.3, -0.25) is 4.40 Å². The largest absolute Gasteiger partial charge is 0.478 e. The number of imidazole rings is 1. The summed E-state index contributed by atoms with van der Waals surface area (Å²) in [4.78, 5) is 15.0. The molecule has 1 N–H and O–H groups in total. The fourth-order valence-electron chi connectivity index (χ4n) is 1.31. The van der Waals surface area contributed by atoms with Gasteiger partial charge in [0.2, 0.25) is 0 Å². The third kappa shape index (κ3) is 1.29. The minimum Gasteiger partial charge on any atom is -0.478 e. The maximum atomic E-state index is 10.8. The lowest BCUT2D eigenvalue weighted by Crippen LogP contribution is -2.02. The van der Waals surface area contributed by atoms with Crippen molar-refractivity contribution in [3.8, 4) is 0 Å². The molecule has 0 unspecified atom stereocenters. The van der Waals surface area contributed by atoms with E-state index in [4.69, 9.17) is 5.11 Å². The molecule has 4 nitrogen and oxygen atoms in total. The number of aromatic carboxylic acids is 1. The molecule has 14 heavy (non-hydrogen) atoms. The fourth-order valence-corrected chi connectivity index (χ4v) is 1.70. The van der Waals surface area contributed by atoms with Crippen LogP contribution in [0.2, 0.25) is 0 Å². The van der Waals surface area contributed by atoms with Crippen LogP contribution in [0.1, 0.15) is 15.9 Å². The second kappa shape index (κ2) is 3.09. The van der Waals surface area contributed by atoms with Gasteiger partial charge in [-0.05, 0) is 34.5 Å². The van der Waals surface area contributed by atoms with Gasteiger partial charge in [-0.1, -0.05) is 0 Å². The lowest BCUT2D eigenvalue weighted by Gasteiger charge is -2.02. The monoisotopic (exact) mass is 254 g/mol. The molecule has 0 aliphatic heterocycles. The zero-order chi connectivity index (χ0) is 10.3. The number of pyridine rings is 1. The minimum atomic E-state index is -0.926. The molecule has 0 spiro atoms. The summed E-state index contributed by atoms with van der Waals surface area (Å²) in [6.07, 6.45) is 3.20. The lowest BCUT2D eigenvalue weighted by molar-refractivity contribution is 0.0695. The summed E-state index contributed by atoms with van der Waals surface area (Å²) in [5, 5.41) is 8.90. The van der Waals surface area contributed by atoms with Gasteiger partial charge in [0.15, 0.2) is 0 Å². The van der Waals surface area contributed by atoms with Crippen molar-refractivity contribution in [3.63, 3.8) is 0 Å². The van der Waals surface area contributed by atoms with E-state index in [1.165, 1.54) is 0 Å². The molecule has 2 aromatic rings. The van der Waals surface area contributed by atoms with Crippen LogP contribution in [0.25, 0.3) is 5.65 Å². The number of nitrogens with zero attached hydrogens (tertiary/aromatic N) is 2. The number of fused-ring (bicyclic) bond motifs is 1. The van der Waals surface area contributed by atoms with Crippen LogP contribution < -0.4 is 0 Å². The molecule has 2 rings (SSSR count). The summed E-state index contributed by atoms with van der Waals surface area (Å²) in [5.74, 6) is -0.926. The van der Waals surface area contributed by atoms with Crippen molar-refractivity contribution in [2.45, 2.75) is 6.92 Å². The highest BCUT2D eigenvalue weighted by Crippen LogP contribution is 2.17. The number of rotatable bonds is 1. The molecule has 0 aliphatic carbocycles. The first-order valence-electron chi connectivity index (χ1n) is 3.96. The van der Waals surface area contributed by atoms with Crippen LogP contribution in [0, 0.1) is 6.92 Å². The van der Waals surface area contributed by atoms with Crippen molar-refractivity contribution in [1.29, 1.82) is 0 Å². The topological polar surface area (TPSA) is 54.6 Å². The summed E-state index contributed by atoms with van der Waals surface area (Å²) in [5.41, 5.74) is 1.73. The summed E-state index contributed by atoms with van der Waals surface area (Å²) < 4.78 is 2.44. The van der Waals surface area contributed by atoms with Crippen LogP contribution in [0.3, 0.4) is 0 Å². The van der Waals surface area contributed by atoms with Gasteiger partial charge < -0.3 is 5.11 Å². The first kappa shape index (κ1) is 9.21. The molecular formula is C9H7BrN2O2. The smallest absolute Gasteiger partial charge is 0.337 e. The number of carboxylic acid groups (broad SMARTS) is 1. The highest BCUT2D eigenvalue weighted by Gasteiger charge is 2.10. The Kier molecular flexibility index (Phi) is 2.03. The third-order valence-corrected chi connectivity index (χ3v) is 2.63. The summed E-state index contributed by atoms with van der Waals surface area (Å²) in [7, 11) is 0. The van der Waals surface area contributed by atoms with E-state index in [9.17, 15) is 4.79 Å². The van der Waals surface area contributed by atoms with Crippen LogP contribution in [-0.2, 0) is 0 Å². The molecule has 0 radical (unpaired) electrons. The summed E-state index contributed by atoms with van der Waals surface area (Å²) >= 11 is 3.28. The van der Waals surface area contributed by atoms with Gasteiger partial charge in [0, 0.05) is 6.20 Å². The van der Waals surface area contributed by atoms with Gasteiger partial charge in [0.1, 0.15) is 10.3 Å². The molecule has 0 aliphatic rings. The molecule has 72 valence electrons. The average molecular weight is 255 g/mol. The number of carboxylic acids is 1. The van der Waals surface area contributed by atoms with Crippen molar-refractivity contribution in [2.24, 2.45) is 0 Å². The summed E-state index contributed by atoms with van der Waals surface area (Å²) in [6.45, 7) is 1.76. The Hall–Kier alpha value is -1.36. The van der Waals surface area contributed by atoms with Gasteiger partial charge in [-0.25, -0.2) is 9.78 Å². The van der Waals surface area contributed by atoms with Gasteiger partial charge in [-0.15, -0.1) is 0 Å². The molecule has 0 saturated carbocycles. The minimum absolute atomic E-state index is 0.288. The van der Waals surface area contributed by atoms with E-state index in [1.807, 2.05) is 0 Å². The Balaban J connectivity index is 2.80. The number of aryl methyl sites for hydroxylation is 1. The van der Waals surface area contributed by atoms with Gasteiger partial charge in [-0.2, -0.15) is 0 Å². The quantitative estimate of drug-likeness (QED) is 0.848. The van der Waals surface area contributed by atoms with E-state index >= 15 is 0 Å². The Morgan fingerprint density at radius 2 is 2.36 bits per heavy atom. The highest BCUT2D eigenvalue weighted by atomic mass is 79.9. The van der Waals surface area contributed by atoms with Crippen molar-refractivity contribution < 1.29 is 9.90 Å². The van der Waals surface area contributed by atoms with Crippen molar-refractivity contribution in [3.05, 3.63) is 34.2 Å². The molecule has 2 aromatic heterocycles. The third-order valence-electron chi connectivity index (χ3n) is 2.04. The van der Waals surface area contributed by atoms with Gasteiger partial charge in [0.05, 0.1) is 11.8 Å². The zero-order valence-electron chi connectivity index (χ0n) is 7.36. The fraction of sp³-hybridized carbons (Fsp3) is 0.111. The van der Waals surface area contributed by atoms with E-state index in [0.29, 0.717) is 5.56 Å². The van der Waals surface area contributed by atoms with Crippen LogP contribution in [0.15, 0.2) is 23.1 Å². The predicted octanol–water partition coefficient (Wildman–Crippen LogP) is 2.10. The molecule has 0 aromatic carbocycles.